The third kappa shape index (κ3) is 3.07. The number of rotatable bonds is 2. The Morgan fingerprint density at radius 3 is 2.15 bits per heavy atom. The molecule has 0 saturated carbocycles. The first-order valence-corrected chi connectivity index (χ1v) is 6.69. The van der Waals surface area contributed by atoms with Gasteiger partial charge in [0.1, 0.15) is 0 Å². The molecule has 20 heavy (non-hydrogen) atoms. The molecule has 0 aliphatic rings. The van der Waals surface area contributed by atoms with Crippen LogP contribution in [0.25, 0.3) is 0 Å². The van der Waals surface area contributed by atoms with Gasteiger partial charge in [0.25, 0.3) is 5.56 Å². The van der Waals surface area contributed by atoms with Crippen LogP contribution in [0.3, 0.4) is 0 Å². The van der Waals surface area contributed by atoms with Gasteiger partial charge in [-0.05, 0) is 23.5 Å². The van der Waals surface area contributed by atoms with Crippen molar-refractivity contribution in [3.05, 3.63) is 67.5 Å². The van der Waals surface area contributed by atoms with Crippen LogP contribution in [0.2, 0.25) is 0 Å². The van der Waals surface area contributed by atoms with Crippen LogP contribution in [-0.2, 0) is 11.8 Å². The zero-order valence-corrected chi connectivity index (χ0v) is 12.3. The Balaban J connectivity index is 2.32. The second kappa shape index (κ2) is 5.12. The van der Waals surface area contributed by atoms with Gasteiger partial charge in [-0.25, -0.2) is 4.79 Å². The van der Waals surface area contributed by atoms with Gasteiger partial charge in [-0.3, -0.25) is 9.78 Å². The number of nitrogens with one attached hydrogen (secondary N) is 2. The number of aromatic amines is 2. The summed E-state index contributed by atoms with van der Waals surface area (Å²) in [6.45, 7) is 8.22. The first kappa shape index (κ1) is 14.3. The Morgan fingerprint density at radius 2 is 1.60 bits per heavy atom. The number of H-pyrrole nitrogens is 2. The summed E-state index contributed by atoms with van der Waals surface area (Å²) in [4.78, 5) is 27.8. The summed E-state index contributed by atoms with van der Waals surface area (Å²) < 4.78 is 0. The molecule has 4 nitrogen and oxygen atoms in total. The predicted octanol–water partition coefficient (Wildman–Crippen LogP) is 2.26. The van der Waals surface area contributed by atoms with E-state index < -0.39 is 5.69 Å². The Bertz CT molecular complexity index is 716. The quantitative estimate of drug-likeness (QED) is 0.880. The molecule has 0 fully saturated rings. The lowest BCUT2D eigenvalue weighted by atomic mass is 9.86. The van der Waals surface area contributed by atoms with Crippen LogP contribution in [0.15, 0.2) is 33.9 Å². The third-order valence-electron chi connectivity index (χ3n) is 3.49. The molecule has 106 valence electrons. The van der Waals surface area contributed by atoms with Gasteiger partial charge >= 0.3 is 5.69 Å². The number of aromatic nitrogens is 2. The molecular formula is C16H20N2O2. The second-order valence-corrected chi connectivity index (χ2v) is 6.14. The van der Waals surface area contributed by atoms with Gasteiger partial charge in [0.05, 0.1) is 0 Å². The molecule has 0 bridgehead atoms. The first-order chi connectivity index (χ1) is 9.27. The fourth-order valence-corrected chi connectivity index (χ4v) is 2.10. The number of hydrogen-bond acceptors (Lipinski definition) is 2. The van der Waals surface area contributed by atoms with Gasteiger partial charge in [-0.2, -0.15) is 0 Å². The molecule has 0 radical (unpaired) electrons. The maximum absolute atomic E-state index is 11.6. The molecule has 2 N–H and O–H groups in total. The molecule has 2 aromatic rings. The van der Waals surface area contributed by atoms with Gasteiger partial charge in [0.15, 0.2) is 0 Å². The highest BCUT2D eigenvalue weighted by Crippen LogP contribution is 2.22. The van der Waals surface area contributed by atoms with E-state index in [9.17, 15) is 9.59 Å². The van der Waals surface area contributed by atoms with E-state index in [-0.39, 0.29) is 11.0 Å². The van der Waals surface area contributed by atoms with Crippen molar-refractivity contribution < 1.29 is 0 Å². The molecule has 0 spiro atoms. The molecule has 4 heteroatoms. The summed E-state index contributed by atoms with van der Waals surface area (Å²) in [7, 11) is 0. The molecule has 0 atom stereocenters. The molecule has 1 heterocycles. The average Bonchev–Trinajstić information content (AvgIpc) is 2.35. The van der Waals surface area contributed by atoms with Crippen LogP contribution < -0.4 is 11.2 Å². The Hall–Kier alpha value is -2.10. The summed E-state index contributed by atoms with van der Waals surface area (Å²) >= 11 is 0. The normalized spacial score (nSPS) is 11.6. The molecular weight excluding hydrogens is 252 g/mol. The monoisotopic (exact) mass is 272 g/mol. The van der Waals surface area contributed by atoms with Crippen LogP contribution in [0.4, 0.5) is 0 Å². The Kier molecular flexibility index (Phi) is 3.66. The predicted molar refractivity (Wildman–Crippen MR) is 80.4 cm³/mol. The molecule has 1 aromatic carbocycles. The molecule has 0 aliphatic heterocycles. The van der Waals surface area contributed by atoms with Gasteiger partial charge in [0.2, 0.25) is 0 Å². The van der Waals surface area contributed by atoms with E-state index >= 15 is 0 Å². The van der Waals surface area contributed by atoms with Crippen LogP contribution >= 0.6 is 0 Å². The third-order valence-corrected chi connectivity index (χ3v) is 3.49. The lowest BCUT2D eigenvalue weighted by molar-refractivity contribution is 0.590. The van der Waals surface area contributed by atoms with Crippen LogP contribution in [0.5, 0.6) is 0 Å². The smallest absolute Gasteiger partial charge is 0.311 e. The first-order valence-electron chi connectivity index (χ1n) is 6.69. The standard InChI is InChI=1S/C16H20N2O2/c1-10-13(17-15(20)18-14(10)19)9-11-5-7-12(8-6-11)16(2,3)4/h5-8H,9H2,1-4H3,(H2,17,18,19,20). The van der Waals surface area contributed by atoms with Crippen LogP contribution in [-0.4, -0.2) is 9.97 Å². The fourth-order valence-electron chi connectivity index (χ4n) is 2.10. The maximum Gasteiger partial charge on any atom is 0.325 e. The summed E-state index contributed by atoms with van der Waals surface area (Å²) in [5.74, 6) is 0. The zero-order valence-electron chi connectivity index (χ0n) is 12.3. The van der Waals surface area contributed by atoms with Crippen molar-refractivity contribution in [2.24, 2.45) is 0 Å². The molecule has 0 saturated heterocycles. The lowest BCUT2D eigenvalue weighted by Crippen LogP contribution is -2.26. The summed E-state index contributed by atoms with van der Waals surface area (Å²) in [5, 5.41) is 0. The summed E-state index contributed by atoms with van der Waals surface area (Å²) in [5.41, 5.74) is 2.90. The summed E-state index contributed by atoms with van der Waals surface area (Å²) in [6.07, 6.45) is 0.551. The minimum atomic E-state index is -0.457. The van der Waals surface area contributed by atoms with Gasteiger partial charge in [-0.15, -0.1) is 0 Å². The highest BCUT2D eigenvalue weighted by molar-refractivity contribution is 5.31. The Morgan fingerprint density at radius 1 is 1.00 bits per heavy atom. The highest BCUT2D eigenvalue weighted by Gasteiger charge is 2.13. The van der Waals surface area contributed by atoms with Crippen molar-refractivity contribution in [3.8, 4) is 0 Å². The molecule has 0 unspecified atom stereocenters. The van der Waals surface area contributed by atoms with Crippen molar-refractivity contribution in [2.45, 2.75) is 39.5 Å². The summed E-state index contributed by atoms with van der Waals surface area (Å²) in [6, 6.07) is 8.27. The molecule has 2 rings (SSSR count). The van der Waals surface area contributed by atoms with Crippen LogP contribution in [0.1, 0.15) is 43.2 Å². The molecule has 0 amide bonds. The highest BCUT2D eigenvalue weighted by atomic mass is 16.2. The minimum Gasteiger partial charge on any atom is -0.311 e. The van der Waals surface area contributed by atoms with Crippen molar-refractivity contribution in [1.82, 2.24) is 9.97 Å². The minimum absolute atomic E-state index is 0.118. The van der Waals surface area contributed by atoms with Gasteiger partial charge in [0, 0.05) is 17.7 Å². The van der Waals surface area contributed by atoms with E-state index in [1.165, 1.54) is 5.56 Å². The van der Waals surface area contributed by atoms with E-state index in [1.807, 2.05) is 12.1 Å². The zero-order chi connectivity index (χ0) is 14.9. The largest absolute Gasteiger partial charge is 0.325 e. The van der Waals surface area contributed by atoms with Crippen LogP contribution in [0, 0.1) is 6.92 Å². The van der Waals surface area contributed by atoms with E-state index in [0.29, 0.717) is 17.7 Å². The molecule has 1 aromatic heterocycles. The topological polar surface area (TPSA) is 65.7 Å². The maximum atomic E-state index is 11.6. The number of hydrogen-bond donors (Lipinski definition) is 2. The second-order valence-electron chi connectivity index (χ2n) is 6.14. The van der Waals surface area contributed by atoms with Crippen molar-refractivity contribution >= 4 is 0 Å². The van der Waals surface area contributed by atoms with Gasteiger partial charge < -0.3 is 4.98 Å². The van der Waals surface area contributed by atoms with E-state index in [1.54, 1.807) is 6.92 Å². The molecule has 0 aliphatic carbocycles. The van der Waals surface area contributed by atoms with Crippen molar-refractivity contribution in [2.75, 3.05) is 0 Å². The van der Waals surface area contributed by atoms with E-state index in [0.717, 1.165) is 5.56 Å². The average molecular weight is 272 g/mol. The van der Waals surface area contributed by atoms with Crippen molar-refractivity contribution in [3.63, 3.8) is 0 Å². The SMILES string of the molecule is Cc1c(Cc2ccc(C(C)(C)C)cc2)[nH]c(=O)[nH]c1=O. The lowest BCUT2D eigenvalue weighted by Gasteiger charge is -2.19. The fraction of sp³-hybridized carbons (Fsp3) is 0.375. The number of benzene rings is 1. The van der Waals surface area contributed by atoms with Gasteiger partial charge in [-0.1, -0.05) is 45.0 Å². The van der Waals surface area contributed by atoms with Crippen molar-refractivity contribution in [1.29, 1.82) is 0 Å². The Labute approximate surface area is 117 Å². The van der Waals surface area contributed by atoms with E-state index in [4.69, 9.17) is 0 Å². The van der Waals surface area contributed by atoms with E-state index in [2.05, 4.69) is 42.9 Å².